The topological polar surface area (TPSA) is 48.3 Å². The maximum atomic E-state index is 6.80. The molecule has 0 spiro atoms. The molecule has 0 unspecified atom stereocenters. The predicted molar refractivity (Wildman–Crippen MR) is 219 cm³/mol. The zero-order valence-corrected chi connectivity index (χ0v) is 28.2. The van der Waals surface area contributed by atoms with Gasteiger partial charge in [-0.25, -0.2) is 9.97 Å². The van der Waals surface area contributed by atoms with Gasteiger partial charge in [-0.05, 0) is 35.0 Å². The van der Waals surface area contributed by atoms with Crippen molar-refractivity contribution in [3.8, 4) is 17.1 Å². The van der Waals surface area contributed by atoms with Crippen LogP contribution >= 0.6 is 0 Å². The van der Waals surface area contributed by atoms with Crippen LogP contribution in [-0.2, 0) is 0 Å². The first-order chi connectivity index (χ1) is 26.3. The first-order valence-corrected chi connectivity index (χ1v) is 18.0. The lowest BCUT2D eigenvalue weighted by molar-refractivity contribution is 0.669. The van der Waals surface area contributed by atoms with Crippen molar-refractivity contribution in [3.63, 3.8) is 0 Å². The Labute approximate surface area is 300 Å². The van der Waals surface area contributed by atoms with Crippen LogP contribution in [0.2, 0.25) is 0 Å². The molecule has 244 valence electrons. The van der Waals surface area contributed by atoms with Crippen LogP contribution in [-0.4, -0.2) is 18.9 Å². The summed E-state index contributed by atoms with van der Waals surface area (Å²) in [6, 6.07) is 56.1. The second-order valence-electron chi connectivity index (χ2n) is 14.1. The summed E-state index contributed by atoms with van der Waals surface area (Å²) in [6.07, 6.45) is 0. The van der Waals surface area contributed by atoms with Gasteiger partial charge in [0.1, 0.15) is 16.9 Å². The summed E-state index contributed by atoms with van der Waals surface area (Å²) in [5.41, 5.74) is 10.9. The highest BCUT2D eigenvalue weighted by Crippen LogP contribution is 2.48. The number of furan rings is 1. The van der Waals surface area contributed by atoms with E-state index in [1.807, 2.05) is 6.07 Å². The van der Waals surface area contributed by atoms with Gasteiger partial charge in [0, 0.05) is 49.3 Å². The van der Waals surface area contributed by atoms with Crippen molar-refractivity contribution in [2.45, 2.75) is 0 Å². The highest BCUT2D eigenvalue weighted by Gasteiger charge is 2.27. The zero-order chi connectivity index (χ0) is 34.4. The Bertz CT molecular complexity index is 3680. The van der Waals surface area contributed by atoms with Crippen LogP contribution in [0.5, 0.6) is 0 Å². The van der Waals surface area contributed by atoms with Crippen LogP contribution in [0.1, 0.15) is 0 Å². The summed E-state index contributed by atoms with van der Waals surface area (Å²) < 4.78 is 11.7. The molecule has 0 bridgehead atoms. The van der Waals surface area contributed by atoms with Crippen molar-refractivity contribution >= 4 is 104 Å². The fourth-order valence-corrected chi connectivity index (χ4v) is 9.27. The van der Waals surface area contributed by atoms with Gasteiger partial charge >= 0.3 is 0 Å². The van der Waals surface area contributed by atoms with Crippen molar-refractivity contribution in [1.82, 2.24) is 18.9 Å². The average Bonchev–Trinajstić information content (AvgIpc) is 3.84. The van der Waals surface area contributed by atoms with Crippen molar-refractivity contribution in [1.29, 1.82) is 0 Å². The molecule has 0 atom stereocenters. The molecule has 0 saturated carbocycles. The van der Waals surface area contributed by atoms with Crippen LogP contribution in [0.3, 0.4) is 0 Å². The summed E-state index contributed by atoms with van der Waals surface area (Å²) >= 11 is 0. The molecular formula is C48H26N4O. The standard InChI is InChI=1S/C48H26N4O/c1-2-13-28(14-3-1)44-48(50-45-29-15-5-4-12-27(29)24-25-35(45)49-44)51-37-22-11-18-31-33-20-10-19-32-30-16-6-8-21-36(30)52(46(32)33)47-42-34-17-7-9-23-39(34)53-40(42)26-38(51)43(47)41(31)37/h1-26H. The van der Waals surface area contributed by atoms with E-state index in [-0.39, 0.29) is 0 Å². The van der Waals surface area contributed by atoms with E-state index in [2.05, 4.69) is 161 Å². The van der Waals surface area contributed by atoms with E-state index in [9.17, 15) is 0 Å². The average molecular weight is 675 g/mol. The molecule has 0 amide bonds. The molecule has 0 saturated heterocycles. The molecule has 13 aromatic rings. The molecule has 8 aromatic carbocycles. The van der Waals surface area contributed by atoms with Gasteiger partial charge in [0.15, 0.2) is 5.82 Å². The summed E-state index contributed by atoms with van der Waals surface area (Å²) in [7, 11) is 0. The van der Waals surface area contributed by atoms with Crippen molar-refractivity contribution in [3.05, 3.63) is 158 Å². The van der Waals surface area contributed by atoms with E-state index in [0.717, 1.165) is 77.4 Å². The van der Waals surface area contributed by atoms with Gasteiger partial charge < -0.3 is 8.82 Å². The van der Waals surface area contributed by atoms with Crippen molar-refractivity contribution in [2.75, 3.05) is 0 Å². The number of hydrogen-bond acceptors (Lipinski definition) is 3. The molecule has 0 aliphatic carbocycles. The van der Waals surface area contributed by atoms with Gasteiger partial charge in [-0.3, -0.25) is 4.57 Å². The molecule has 5 nitrogen and oxygen atoms in total. The maximum Gasteiger partial charge on any atom is 0.165 e. The van der Waals surface area contributed by atoms with Gasteiger partial charge in [0.25, 0.3) is 0 Å². The third kappa shape index (κ3) is 3.42. The molecule has 0 radical (unpaired) electrons. The van der Waals surface area contributed by atoms with E-state index in [0.29, 0.717) is 0 Å². The number of rotatable bonds is 2. The van der Waals surface area contributed by atoms with Gasteiger partial charge in [-0.15, -0.1) is 0 Å². The number of nitrogens with zero attached hydrogens (tertiary/aromatic N) is 4. The summed E-state index contributed by atoms with van der Waals surface area (Å²) in [5.74, 6) is 0.787. The smallest absolute Gasteiger partial charge is 0.165 e. The summed E-state index contributed by atoms with van der Waals surface area (Å²) in [4.78, 5) is 11.1. The predicted octanol–water partition coefficient (Wildman–Crippen LogP) is 12.6. The number of benzene rings is 8. The number of fused-ring (bicyclic) bond motifs is 12. The van der Waals surface area contributed by atoms with Crippen LogP contribution < -0.4 is 0 Å². The van der Waals surface area contributed by atoms with E-state index >= 15 is 0 Å². The van der Waals surface area contributed by atoms with Crippen LogP contribution in [0, 0.1) is 0 Å². The first kappa shape index (κ1) is 27.5. The molecule has 5 heterocycles. The normalized spacial score (nSPS) is 12.5. The fourth-order valence-electron chi connectivity index (χ4n) is 9.27. The summed E-state index contributed by atoms with van der Waals surface area (Å²) in [6.45, 7) is 0. The quantitative estimate of drug-likeness (QED) is 0.172. The summed E-state index contributed by atoms with van der Waals surface area (Å²) in [5, 5.41) is 11.7. The molecule has 0 aliphatic rings. The van der Waals surface area contributed by atoms with E-state index < -0.39 is 0 Å². The zero-order valence-electron chi connectivity index (χ0n) is 28.2. The van der Waals surface area contributed by atoms with Crippen LogP contribution in [0.4, 0.5) is 0 Å². The lowest BCUT2D eigenvalue weighted by atomic mass is 10.0. The van der Waals surface area contributed by atoms with Crippen LogP contribution in [0.25, 0.3) is 121 Å². The largest absolute Gasteiger partial charge is 0.456 e. The monoisotopic (exact) mass is 674 g/mol. The Morgan fingerprint density at radius 1 is 0.434 bits per heavy atom. The molecule has 0 fully saturated rings. The highest BCUT2D eigenvalue weighted by atomic mass is 16.3. The van der Waals surface area contributed by atoms with E-state index in [1.54, 1.807) is 0 Å². The molecule has 53 heavy (non-hydrogen) atoms. The van der Waals surface area contributed by atoms with E-state index in [4.69, 9.17) is 14.4 Å². The Morgan fingerprint density at radius 3 is 2.04 bits per heavy atom. The van der Waals surface area contributed by atoms with Gasteiger partial charge in [0.05, 0.1) is 44.0 Å². The minimum atomic E-state index is 0.787. The minimum absolute atomic E-state index is 0.787. The number of hydrogen-bond donors (Lipinski definition) is 0. The first-order valence-electron chi connectivity index (χ1n) is 18.0. The number of para-hydroxylation sites is 3. The van der Waals surface area contributed by atoms with Gasteiger partial charge in [-0.1, -0.05) is 127 Å². The lowest BCUT2D eigenvalue weighted by Gasteiger charge is -2.15. The third-order valence-electron chi connectivity index (χ3n) is 11.4. The molecule has 5 heteroatoms. The second-order valence-corrected chi connectivity index (χ2v) is 14.1. The third-order valence-corrected chi connectivity index (χ3v) is 11.4. The van der Waals surface area contributed by atoms with E-state index in [1.165, 1.54) is 43.4 Å². The van der Waals surface area contributed by atoms with Crippen LogP contribution in [0.15, 0.2) is 162 Å². The van der Waals surface area contributed by atoms with Crippen molar-refractivity contribution < 1.29 is 4.42 Å². The molecule has 5 aromatic heterocycles. The molecular weight excluding hydrogens is 649 g/mol. The Morgan fingerprint density at radius 2 is 1.13 bits per heavy atom. The Hall–Kier alpha value is -7.24. The highest BCUT2D eigenvalue weighted by molar-refractivity contribution is 6.36. The van der Waals surface area contributed by atoms with Crippen molar-refractivity contribution in [2.24, 2.45) is 0 Å². The SMILES string of the molecule is c1ccc(-c2nc3ccc4ccccc4c3nc2-n2c3cccc4c5cccc6c7ccccc7n(c56)c5c6c(cc2c5c43)oc2ccccc26)cc1. The van der Waals surface area contributed by atoms with Gasteiger partial charge in [0.2, 0.25) is 0 Å². The molecule has 0 N–H and O–H groups in total. The fraction of sp³-hybridized carbons (Fsp3) is 0. The Kier molecular flexibility index (Phi) is 5.06. The minimum Gasteiger partial charge on any atom is -0.456 e. The molecule has 0 aliphatic heterocycles. The molecule has 13 rings (SSSR count). The second kappa shape index (κ2) is 9.75. The number of aromatic nitrogens is 4. The lowest BCUT2D eigenvalue weighted by Crippen LogP contribution is -2.04. The van der Waals surface area contributed by atoms with Gasteiger partial charge in [-0.2, -0.15) is 0 Å². The Balaban J connectivity index is 1.35. The maximum absolute atomic E-state index is 6.80.